The highest BCUT2D eigenvalue weighted by atomic mass is 35.5. The molecule has 1 heterocycles. The van der Waals surface area contributed by atoms with Crippen molar-refractivity contribution in [2.75, 3.05) is 18.2 Å². The number of rotatable bonds is 3. The molecule has 0 fully saturated rings. The molecular formula is C13H17ClN2OS. The molecule has 0 aromatic heterocycles. The lowest BCUT2D eigenvalue weighted by molar-refractivity contribution is 0.417. The number of halogens is 1. The number of amidine groups is 1. The average molecular weight is 285 g/mol. The highest BCUT2D eigenvalue weighted by Gasteiger charge is 2.15. The van der Waals surface area contributed by atoms with Crippen LogP contribution in [0.2, 0.25) is 5.02 Å². The normalized spacial score (nSPS) is 19.3. The third-order valence-electron chi connectivity index (χ3n) is 2.86. The van der Waals surface area contributed by atoms with E-state index in [9.17, 15) is 0 Å². The van der Waals surface area contributed by atoms with E-state index in [-0.39, 0.29) is 0 Å². The van der Waals surface area contributed by atoms with E-state index >= 15 is 0 Å². The predicted molar refractivity (Wildman–Crippen MR) is 80.2 cm³/mol. The third kappa shape index (κ3) is 3.33. The number of methoxy groups -OCH3 is 1. The van der Waals surface area contributed by atoms with E-state index in [1.54, 1.807) is 18.9 Å². The van der Waals surface area contributed by atoms with Gasteiger partial charge in [0.15, 0.2) is 5.17 Å². The van der Waals surface area contributed by atoms with E-state index in [0.29, 0.717) is 11.1 Å². The monoisotopic (exact) mass is 284 g/mol. The fourth-order valence-electron chi connectivity index (χ4n) is 1.82. The SMILES string of the molecule is CCC1CCSC(Nc2cc(Cl)ccc2OC)=N1. The minimum atomic E-state index is 0.430. The quantitative estimate of drug-likeness (QED) is 0.910. The summed E-state index contributed by atoms with van der Waals surface area (Å²) in [6.07, 6.45) is 2.23. The highest BCUT2D eigenvalue weighted by Crippen LogP contribution is 2.30. The Kier molecular flexibility index (Phi) is 4.78. The molecule has 0 bridgehead atoms. The Morgan fingerprint density at radius 1 is 1.56 bits per heavy atom. The zero-order valence-electron chi connectivity index (χ0n) is 10.6. The summed E-state index contributed by atoms with van der Waals surface area (Å²) in [5, 5.41) is 4.95. The molecule has 1 aliphatic heterocycles. The van der Waals surface area contributed by atoms with E-state index in [0.717, 1.165) is 35.2 Å². The predicted octanol–water partition coefficient (Wildman–Crippen LogP) is 4.03. The van der Waals surface area contributed by atoms with Gasteiger partial charge in [0.2, 0.25) is 0 Å². The summed E-state index contributed by atoms with van der Waals surface area (Å²) in [5.41, 5.74) is 0.869. The Labute approximate surface area is 117 Å². The average Bonchev–Trinajstić information content (AvgIpc) is 2.39. The van der Waals surface area contributed by atoms with Crippen molar-refractivity contribution in [2.24, 2.45) is 4.99 Å². The van der Waals surface area contributed by atoms with Crippen molar-refractivity contribution in [1.29, 1.82) is 0 Å². The van der Waals surface area contributed by atoms with Crippen molar-refractivity contribution in [3.63, 3.8) is 0 Å². The number of thioether (sulfide) groups is 1. The second kappa shape index (κ2) is 6.34. The van der Waals surface area contributed by atoms with Gasteiger partial charge in [-0.2, -0.15) is 0 Å². The maximum Gasteiger partial charge on any atom is 0.161 e. The maximum atomic E-state index is 6.01. The molecule has 0 spiro atoms. The first-order valence-corrected chi connectivity index (χ1v) is 7.40. The number of nitrogens with zero attached hydrogens (tertiary/aromatic N) is 1. The molecule has 1 N–H and O–H groups in total. The molecule has 0 amide bonds. The van der Waals surface area contributed by atoms with Crippen molar-refractivity contribution < 1.29 is 4.74 Å². The van der Waals surface area contributed by atoms with Crippen LogP contribution in [0.25, 0.3) is 0 Å². The van der Waals surface area contributed by atoms with Crippen LogP contribution in [0.1, 0.15) is 19.8 Å². The first kappa shape index (κ1) is 13.6. The van der Waals surface area contributed by atoms with Crippen LogP contribution in [-0.2, 0) is 0 Å². The van der Waals surface area contributed by atoms with Gasteiger partial charge >= 0.3 is 0 Å². The van der Waals surface area contributed by atoms with E-state index < -0.39 is 0 Å². The maximum absolute atomic E-state index is 6.01. The van der Waals surface area contributed by atoms with Gasteiger partial charge in [0.25, 0.3) is 0 Å². The van der Waals surface area contributed by atoms with Gasteiger partial charge in [0.05, 0.1) is 18.8 Å². The lowest BCUT2D eigenvalue weighted by Crippen LogP contribution is -2.19. The molecule has 5 heteroatoms. The van der Waals surface area contributed by atoms with Crippen LogP contribution in [0.5, 0.6) is 5.75 Å². The molecule has 1 aromatic carbocycles. The first-order chi connectivity index (χ1) is 8.72. The summed E-state index contributed by atoms with van der Waals surface area (Å²) in [7, 11) is 1.65. The molecule has 0 saturated heterocycles. The molecule has 1 unspecified atom stereocenters. The molecule has 1 aromatic rings. The molecule has 18 heavy (non-hydrogen) atoms. The number of anilines is 1. The van der Waals surface area contributed by atoms with Gasteiger partial charge in [0, 0.05) is 10.8 Å². The minimum absolute atomic E-state index is 0.430. The van der Waals surface area contributed by atoms with Crippen LogP contribution in [0.4, 0.5) is 5.69 Å². The van der Waals surface area contributed by atoms with Crippen molar-refractivity contribution in [3.8, 4) is 5.75 Å². The van der Waals surface area contributed by atoms with E-state index in [1.807, 2.05) is 18.2 Å². The Morgan fingerprint density at radius 3 is 3.11 bits per heavy atom. The summed E-state index contributed by atoms with van der Waals surface area (Å²) < 4.78 is 5.31. The zero-order chi connectivity index (χ0) is 13.0. The Bertz CT molecular complexity index is 451. The van der Waals surface area contributed by atoms with Crippen LogP contribution in [-0.4, -0.2) is 24.1 Å². The highest BCUT2D eigenvalue weighted by molar-refractivity contribution is 8.14. The van der Waals surface area contributed by atoms with Gasteiger partial charge in [-0.05, 0) is 31.0 Å². The fraction of sp³-hybridized carbons (Fsp3) is 0.462. The molecule has 1 atom stereocenters. The molecule has 0 aliphatic carbocycles. The van der Waals surface area contributed by atoms with Crippen LogP contribution in [0, 0.1) is 0 Å². The molecule has 0 saturated carbocycles. The summed E-state index contributed by atoms with van der Waals surface area (Å²) in [4.78, 5) is 4.67. The van der Waals surface area contributed by atoms with E-state index in [4.69, 9.17) is 16.3 Å². The Balaban J connectivity index is 2.18. The first-order valence-electron chi connectivity index (χ1n) is 6.04. The van der Waals surface area contributed by atoms with Gasteiger partial charge in [-0.1, -0.05) is 30.3 Å². The topological polar surface area (TPSA) is 33.6 Å². The molecule has 0 radical (unpaired) electrons. The van der Waals surface area contributed by atoms with Crippen molar-refractivity contribution in [2.45, 2.75) is 25.8 Å². The van der Waals surface area contributed by atoms with Crippen molar-refractivity contribution >= 4 is 34.2 Å². The fourth-order valence-corrected chi connectivity index (χ4v) is 2.98. The minimum Gasteiger partial charge on any atom is -0.495 e. The number of ether oxygens (including phenoxy) is 1. The lowest BCUT2D eigenvalue weighted by atomic mass is 10.2. The van der Waals surface area contributed by atoms with Crippen LogP contribution >= 0.6 is 23.4 Å². The molecule has 1 aliphatic rings. The second-order valence-corrected chi connectivity index (χ2v) is 5.62. The number of nitrogens with one attached hydrogen (secondary N) is 1. The Morgan fingerprint density at radius 2 is 2.39 bits per heavy atom. The second-order valence-electron chi connectivity index (χ2n) is 4.10. The van der Waals surface area contributed by atoms with Gasteiger partial charge in [-0.25, -0.2) is 0 Å². The molecule has 98 valence electrons. The zero-order valence-corrected chi connectivity index (χ0v) is 12.1. The largest absolute Gasteiger partial charge is 0.495 e. The lowest BCUT2D eigenvalue weighted by Gasteiger charge is -2.20. The smallest absolute Gasteiger partial charge is 0.161 e. The van der Waals surface area contributed by atoms with E-state index in [1.165, 1.54) is 0 Å². The van der Waals surface area contributed by atoms with Crippen LogP contribution in [0.3, 0.4) is 0 Å². The third-order valence-corrected chi connectivity index (χ3v) is 4.02. The van der Waals surface area contributed by atoms with E-state index in [2.05, 4.69) is 17.2 Å². The molecular weight excluding hydrogens is 268 g/mol. The van der Waals surface area contributed by atoms with Crippen molar-refractivity contribution in [3.05, 3.63) is 23.2 Å². The van der Waals surface area contributed by atoms with Gasteiger partial charge in [-0.3, -0.25) is 4.99 Å². The number of aliphatic imine (C=N–C) groups is 1. The Hall–Kier alpha value is -0.870. The van der Waals surface area contributed by atoms with Gasteiger partial charge < -0.3 is 10.1 Å². The van der Waals surface area contributed by atoms with Crippen LogP contribution in [0.15, 0.2) is 23.2 Å². The van der Waals surface area contributed by atoms with Gasteiger partial charge in [-0.15, -0.1) is 0 Å². The molecule has 2 rings (SSSR count). The number of benzene rings is 1. The number of hydrogen-bond donors (Lipinski definition) is 1. The van der Waals surface area contributed by atoms with Crippen molar-refractivity contribution in [1.82, 2.24) is 0 Å². The standard InChI is InChI=1S/C13H17ClN2OS/c1-3-10-6-7-18-13(15-10)16-11-8-9(14)4-5-12(11)17-2/h4-5,8,10H,3,6-7H2,1-2H3,(H,15,16). The number of hydrogen-bond acceptors (Lipinski definition) is 4. The van der Waals surface area contributed by atoms with Crippen LogP contribution < -0.4 is 10.1 Å². The molecule has 3 nitrogen and oxygen atoms in total. The summed E-state index contributed by atoms with van der Waals surface area (Å²) in [6.45, 7) is 2.17. The summed E-state index contributed by atoms with van der Waals surface area (Å²) in [6, 6.07) is 5.96. The van der Waals surface area contributed by atoms with Gasteiger partial charge in [0.1, 0.15) is 5.75 Å². The summed E-state index contributed by atoms with van der Waals surface area (Å²) >= 11 is 7.75. The summed E-state index contributed by atoms with van der Waals surface area (Å²) in [5.74, 6) is 1.88.